The quantitative estimate of drug-likeness (QED) is 0.349. The summed E-state index contributed by atoms with van der Waals surface area (Å²) in [7, 11) is 1.40. The molecule has 0 saturated carbocycles. The minimum absolute atomic E-state index is 0.146. The summed E-state index contributed by atoms with van der Waals surface area (Å²) in [6.07, 6.45) is 3.13. The van der Waals surface area contributed by atoms with Crippen molar-refractivity contribution in [1.29, 1.82) is 0 Å². The molecule has 3 aliphatic heterocycles. The van der Waals surface area contributed by atoms with Crippen molar-refractivity contribution in [2.24, 2.45) is 5.41 Å². The molecule has 2 atom stereocenters. The molecule has 3 saturated heterocycles. The average molecular weight is 506 g/mol. The number of esters is 1. The topological polar surface area (TPSA) is 79.0 Å². The number of nitrogens with zero attached hydrogens (tertiary/aromatic N) is 1. The highest BCUT2D eigenvalue weighted by atomic mass is 16.7. The largest absolute Gasteiger partial charge is 0.491 e. The number of ether oxygens (including phenoxy) is 5. The van der Waals surface area contributed by atoms with E-state index < -0.39 is 11.2 Å². The maximum Gasteiger partial charge on any atom is 0.316 e. The van der Waals surface area contributed by atoms with E-state index in [9.17, 15) is 4.79 Å². The molecular formula is C28H43NO7. The second-order valence-corrected chi connectivity index (χ2v) is 11.5. The van der Waals surface area contributed by atoms with E-state index in [4.69, 9.17) is 28.5 Å². The van der Waals surface area contributed by atoms with Gasteiger partial charge in [0.15, 0.2) is 5.79 Å². The lowest BCUT2D eigenvalue weighted by molar-refractivity contribution is -0.392. The first-order valence-electron chi connectivity index (χ1n) is 13.2. The van der Waals surface area contributed by atoms with Gasteiger partial charge in [-0.3, -0.25) is 9.63 Å². The molecule has 3 aliphatic rings. The van der Waals surface area contributed by atoms with E-state index in [-0.39, 0.29) is 42.5 Å². The summed E-state index contributed by atoms with van der Waals surface area (Å²) in [6.45, 7) is 14.6. The average Bonchev–Trinajstić information content (AvgIpc) is 3.70. The first-order chi connectivity index (χ1) is 17.0. The molecule has 202 valence electrons. The van der Waals surface area contributed by atoms with Crippen LogP contribution in [0.5, 0.6) is 5.75 Å². The van der Waals surface area contributed by atoms with Crippen molar-refractivity contribution in [1.82, 2.24) is 5.06 Å². The minimum atomic E-state index is -0.797. The number of hydrogen-bond acceptors (Lipinski definition) is 8. The van der Waals surface area contributed by atoms with Crippen LogP contribution in [-0.4, -0.2) is 67.5 Å². The van der Waals surface area contributed by atoms with E-state index in [2.05, 4.69) is 51.8 Å². The Hall–Kier alpha value is -1.71. The molecule has 0 aliphatic carbocycles. The van der Waals surface area contributed by atoms with Gasteiger partial charge in [-0.25, -0.2) is 0 Å². The second kappa shape index (κ2) is 10.2. The third kappa shape index (κ3) is 5.43. The summed E-state index contributed by atoms with van der Waals surface area (Å²) < 4.78 is 28.8. The lowest BCUT2D eigenvalue weighted by atomic mass is 9.72. The van der Waals surface area contributed by atoms with Crippen LogP contribution in [0, 0.1) is 5.41 Å². The van der Waals surface area contributed by atoms with Crippen molar-refractivity contribution in [3.05, 3.63) is 29.8 Å². The molecule has 2 unspecified atom stereocenters. The van der Waals surface area contributed by atoms with Crippen molar-refractivity contribution < 1.29 is 33.3 Å². The zero-order valence-corrected chi connectivity index (χ0v) is 22.9. The van der Waals surface area contributed by atoms with Gasteiger partial charge in [0.2, 0.25) is 0 Å². The Balaban J connectivity index is 1.49. The number of rotatable bonds is 9. The Morgan fingerprint density at radius 1 is 1.08 bits per heavy atom. The molecule has 1 spiro atoms. The number of epoxide rings is 1. The van der Waals surface area contributed by atoms with Gasteiger partial charge < -0.3 is 23.7 Å². The van der Waals surface area contributed by atoms with E-state index in [1.165, 1.54) is 7.11 Å². The third-order valence-corrected chi connectivity index (χ3v) is 8.03. The summed E-state index contributed by atoms with van der Waals surface area (Å²) in [5.41, 5.74) is -0.372. The Morgan fingerprint density at radius 2 is 1.69 bits per heavy atom. The molecule has 1 aromatic rings. The summed E-state index contributed by atoms with van der Waals surface area (Å²) in [4.78, 5) is 19.1. The van der Waals surface area contributed by atoms with Gasteiger partial charge in [-0.1, -0.05) is 26.0 Å². The van der Waals surface area contributed by atoms with Gasteiger partial charge in [0.05, 0.1) is 32.5 Å². The number of methoxy groups -OCH3 is 1. The summed E-state index contributed by atoms with van der Waals surface area (Å²) >= 11 is 0. The fourth-order valence-corrected chi connectivity index (χ4v) is 5.69. The fourth-order valence-electron chi connectivity index (χ4n) is 5.69. The highest BCUT2D eigenvalue weighted by molar-refractivity contribution is 5.76. The van der Waals surface area contributed by atoms with Crippen LogP contribution in [0.15, 0.2) is 24.3 Å². The van der Waals surface area contributed by atoms with Gasteiger partial charge in [0.25, 0.3) is 0 Å². The number of hydrogen-bond donors (Lipinski definition) is 0. The summed E-state index contributed by atoms with van der Waals surface area (Å²) in [5.74, 6) is -0.236. The predicted molar refractivity (Wildman–Crippen MR) is 134 cm³/mol. The van der Waals surface area contributed by atoms with Gasteiger partial charge in [-0.15, -0.1) is 0 Å². The monoisotopic (exact) mass is 505 g/mol. The molecular weight excluding hydrogens is 462 g/mol. The lowest BCUT2D eigenvalue weighted by Gasteiger charge is -2.61. The first-order valence-corrected chi connectivity index (χ1v) is 13.2. The number of benzene rings is 1. The Morgan fingerprint density at radius 3 is 2.22 bits per heavy atom. The molecule has 0 amide bonds. The van der Waals surface area contributed by atoms with E-state index >= 15 is 0 Å². The van der Waals surface area contributed by atoms with Gasteiger partial charge in [0.1, 0.15) is 30.0 Å². The number of carbonyl (C=O) groups excluding carboxylic acids is 1. The maximum atomic E-state index is 12.3. The van der Waals surface area contributed by atoms with Crippen molar-refractivity contribution in [2.45, 2.75) is 96.3 Å². The molecule has 8 nitrogen and oxygen atoms in total. The molecule has 1 aromatic carbocycles. The molecule has 4 rings (SSSR count). The van der Waals surface area contributed by atoms with Crippen molar-refractivity contribution in [2.75, 3.05) is 33.5 Å². The predicted octanol–water partition coefficient (Wildman–Crippen LogP) is 4.81. The zero-order valence-electron chi connectivity index (χ0n) is 22.9. The van der Waals surface area contributed by atoms with E-state index in [1.807, 2.05) is 19.1 Å². The van der Waals surface area contributed by atoms with Crippen LogP contribution >= 0.6 is 0 Å². The Bertz CT molecular complexity index is 899. The zero-order chi connectivity index (χ0) is 26.2. The molecule has 0 bridgehead atoms. The molecule has 0 radical (unpaired) electrons. The fraction of sp³-hybridized carbons (Fsp3) is 0.750. The maximum absolute atomic E-state index is 12.3. The highest BCUT2D eigenvalue weighted by Crippen LogP contribution is 2.52. The Labute approximate surface area is 215 Å². The van der Waals surface area contributed by atoms with Crippen molar-refractivity contribution in [3.63, 3.8) is 0 Å². The van der Waals surface area contributed by atoms with Crippen LogP contribution in [0.2, 0.25) is 0 Å². The van der Waals surface area contributed by atoms with Crippen LogP contribution in [0.25, 0.3) is 0 Å². The van der Waals surface area contributed by atoms with Crippen LogP contribution in [-0.2, 0) is 28.6 Å². The van der Waals surface area contributed by atoms with Gasteiger partial charge >= 0.3 is 5.97 Å². The van der Waals surface area contributed by atoms with Crippen LogP contribution < -0.4 is 4.74 Å². The third-order valence-electron chi connectivity index (χ3n) is 8.03. The highest BCUT2D eigenvalue weighted by Gasteiger charge is 2.60. The Kier molecular flexibility index (Phi) is 7.75. The van der Waals surface area contributed by atoms with Gasteiger partial charge in [-0.2, -0.15) is 5.06 Å². The van der Waals surface area contributed by atoms with E-state index in [1.54, 1.807) is 0 Å². The minimum Gasteiger partial charge on any atom is -0.491 e. The first kappa shape index (κ1) is 27.3. The van der Waals surface area contributed by atoms with Crippen molar-refractivity contribution >= 4 is 5.97 Å². The molecule has 0 N–H and O–H groups in total. The molecule has 36 heavy (non-hydrogen) atoms. The van der Waals surface area contributed by atoms with Crippen LogP contribution in [0.1, 0.15) is 78.9 Å². The second-order valence-electron chi connectivity index (χ2n) is 11.5. The molecule has 0 aromatic heterocycles. The van der Waals surface area contributed by atoms with E-state index in [0.29, 0.717) is 19.4 Å². The molecule has 8 heteroatoms. The molecule has 3 heterocycles. The van der Waals surface area contributed by atoms with Gasteiger partial charge in [0, 0.05) is 18.4 Å². The standard InChI is InChI=1S/C28H43NO7/c1-8-27(9-2)17-28(34-18-26(6,19-35-28)24(30)31-7)16-25(4,5)29(27)36-20(3)21-10-12-22(13-11-21)32-14-23-15-33-23/h10-13,20,23H,8-9,14-19H2,1-7H3. The normalized spacial score (nSPS) is 32.1. The number of carbonyl (C=O) groups is 1. The SMILES string of the molecule is CCC1(CC)CC2(CC(C)(C)N1OC(C)c1ccc(OCC3CO3)cc1)OCC(C)(C(=O)OC)CO2. The van der Waals surface area contributed by atoms with Crippen LogP contribution in [0.4, 0.5) is 0 Å². The van der Waals surface area contributed by atoms with Crippen LogP contribution in [0.3, 0.4) is 0 Å². The molecule has 3 fully saturated rings. The summed E-state index contributed by atoms with van der Waals surface area (Å²) in [5, 5.41) is 2.20. The summed E-state index contributed by atoms with van der Waals surface area (Å²) in [6, 6.07) is 8.10. The number of hydroxylamine groups is 2. The number of piperidine rings is 1. The van der Waals surface area contributed by atoms with Gasteiger partial charge in [-0.05, 0) is 58.2 Å². The van der Waals surface area contributed by atoms with E-state index in [0.717, 1.165) is 30.8 Å². The smallest absolute Gasteiger partial charge is 0.316 e. The lowest BCUT2D eigenvalue weighted by Crippen LogP contribution is -2.70. The van der Waals surface area contributed by atoms with Crippen molar-refractivity contribution in [3.8, 4) is 5.75 Å².